The number of hydrogen-bond donors (Lipinski definition) is 1. The first-order chi connectivity index (χ1) is 14.0. The maximum Gasteiger partial charge on any atom is 0.348 e. The average molecular weight is 386 g/mol. The monoisotopic (exact) mass is 386 g/mol. The van der Waals surface area contributed by atoms with Gasteiger partial charge in [0.05, 0.1) is 6.61 Å². The predicted octanol–water partition coefficient (Wildman–Crippen LogP) is 4.04. The Hall–Kier alpha value is -3.93. The molecule has 1 aliphatic rings. The van der Waals surface area contributed by atoms with Gasteiger partial charge in [0.15, 0.2) is 5.78 Å². The number of ketones is 1. The maximum atomic E-state index is 13.3. The van der Waals surface area contributed by atoms with E-state index in [1.807, 2.05) is 0 Å². The molecule has 1 heterocycles. The van der Waals surface area contributed by atoms with Gasteiger partial charge in [-0.15, -0.1) is 0 Å². The molecule has 0 saturated carbocycles. The number of phenols is 1. The third kappa shape index (κ3) is 2.20. The van der Waals surface area contributed by atoms with E-state index in [-0.39, 0.29) is 39.9 Å². The lowest BCUT2D eigenvalue weighted by molar-refractivity contribution is 0.0524. The van der Waals surface area contributed by atoms with Gasteiger partial charge in [-0.2, -0.15) is 0 Å². The van der Waals surface area contributed by atoms with E-state index in [1.165, 1.54) is 0 Å². The molecular weight excluding hydrogens is 372 g/mol. The number of rotatable bonds is 2. The molecule has 0 amide bonds. The van der Waals surface area contributed by atoms with Crippen molar-refractivity contribution in [2.45, 2.75) is 6.92 Å². The topological polar surface area (TPSA) is 93.8 Å². The molecule has 0 spiro atoms. The summed E-state index contributed by atoms with van der Waals surface area (Å²) in [6.07, 6.45) is 0. The SMILES string of the molecule is CCOC(=O)c1c2c(c3c(c1O)c(=O)oc1ccccc13)C(=O)c1ccccc1-2. The van der Waals surface area contributed by atoms with Crippen LogP contribution in [-0.2, 0) is 4.74 Å². The largest absolute Gasteiger partial charge is 0.506 e. The van der Waals surface area contributed by atoms with Gasteiger partial charge in [-0.25, -0.2) is 9.59 Å². The summed E-state index contributed by atoms with van der Waals surface area (Å²) in [4.78, 5) is 38.8. The molecule has 3 aromatic carbocycles. The quantitative estimate of drug-likeness (QED) is 0.280. The van der Waals surface area contributed by atoms with E-state index in [0.29, 0.717) is 22.1 Å². The fourth-order valence-corrected chi connectivity index (χ4v) is 4.05. The van der Waals surface area contributed by atoms with Crippen LogP contribution in [-0.4, -0.2) is 23.5 Å². The Morgan fingerprint density at radius 2 is 1.66 bits per heavy atom. The van der Waals surface area contributed by atoms with Gasteiger partial charge in [-0.1, -0.05) is 42.5 Å². The van der Waals surface area contributed by atoms with Crippen molar-refractivity contribution in [3.63, 3.8) is 0 Å². The smallest absolute Gasteiger partial charge is 0.348 e. The predicted molar refractivity (Wildman–Crippen MR) is 106 cm³/mol. The van der Waals surface area contributed by atoms with E-state index in [2.05, 4.69) is 0 Å². The molecule has 142 valence electrons. The highest BCUT2D eigenvalue weighted by Gasteiger charge is 2.37. The molecule has 1 N–H and O–H groups in total. The highest BCUT2D eigenvalue weighted by atomic mass is 16.5. The summed E-state index contributed by atoms with van der Waals surface area (Å²) in [5.41, 5.74) is 0.668. The normalized spacial score (nSPS) is 12.2. The van der Waals surface area contributed by atoms with Crippen LogP contribution in [0, 0.1) is 0 Å². The van der Waals surface area contributed by atoms with E-state index >= 15 is 0 Å². The van der Waals surface area contributed by atoms with Gasteiger partial charge < -0.3 is 14.3 Å². The first-order valence-electron chi connectivity index (χ1n) is 9.10. The van der Waals surface area contributed by atoms with Crippen LogP contribution in [0.5, 0.6) is 5.75 Å². The Balaban J connectivity index is 2.09. The molecule has 0 bridgehead atoms. The van der Waals surface area contributed by atoms with E-state index in [1.54, 1.807) is 55.5 Å². The number of ether oxygens (including phenoxy) is 1. The molecule has 6 heteroatoms. The molecule has 29 heavy (non-hydrogen) atoms. The van der Waals surface area contributed by atoms with Crippen molar-refractivity contribution in [1.82, 2.24) is 0 Å². The molecule has 0 radical (unpaired) electrons. The Morgan fingerprint density at radius 1 is 0.966 bits per heavy atom. The molecule has 4 aromatic rings. The summed E-state index contributed by atoms with van der Waals surface area (Å²) >= 11 is 0. The number of esters is 1. The second-order valence-electron chi connectivity index (χ2n) is 6.70. The minimum absolute atomic E-state index is 0.0764. The molecular formula is C23H14O6. The minimum atomic E-state index is -0.826. The summed E-state index contributed by atoms with van der Waals surface area (Å²) in [6.45, 7) is 1.71. The van der Waals surface area contributed by atoms with Gasteiger partial charge in [0.1, 0.15) is 22.3 Å². The van der Waals surface area contributed by atoms with Crippen LogP contribution in [0.15, 0.2) is 57.7 Å². The number of aromatic hydroxyl groups is 1. The van der Waals surface area contributed by atoms with Gasteiger partial charge in [0.2, 0.25) is 0 Å². The van der Waals surface area contributed by atoms with Gasteiger partial charge in [-0.3, -0.25) is 4.79 Å². The van der Waals surface area contributed by atoms with Crippen molar-refractivity contribution >= 4 is 33.5 Å². The third-order valence-corrected chi connectivity index (χ3v) is 5.18. The highest BCUT2D eigenvalue weighted by molar-refractivity contribution is 6.33. The number of carbonyl (C=O) groups excluding carboxylic acids is 2. The van der Waals surface area contributed by atoms with Crippen LogP contribution in [0.1, 0.15) is 33.2 Å². The molecule has 6 nitrogen and oxygen atoms in total. The molecule has 1 aliphatic carbocycles. The van der Waals surface area contributed by atoms with Crippen molar-refractivity contribution < 1.29 is 23.8 Å². The van der Waals surface area contributed by atoms with Crippen molar-refractivity contribution in [2.75, 3.05) is 6.61 Å². The molecule has 1 aromatic heterocycles. The summed E-state index contributed by atoms with van der Waals surface area (Å²) in [7, 11) is 0. The number of fused-ring (bicyclic) bond motifs is 7. The Labute approximate surface area is 164 Å². The van der Waals surface area contributed by atoms with Crippen LogP contribution in [0.25, 0.3) is 32.9 Å². The van der Waals surface area contributed by atoms with Crippen molar-refractivity contribution in [1.29, 1.82) is 0 Å². The van der Waals surface area contributed by atoms with Crippen molar-refractivity contribution in [3.05, 3.63) is 75.6 Å². The van der Waals surface area contributed by atoms with E-state index in [9.17, 15) is 19.5 Å². The van der Waals surface area contributed by atoms with E-state index < -0.39 is 17.3 Å². The Morgan fingerprint density at radius 3 is 2.41 bits per heavy atom. The molecule has 5 rings (SSSR count). The first kappa shape index (κ1) is 17.2. The fraction of sp³-hybridized carbons (Fsp3) is 0.0870. The lowest BCUT2D eigenvalue weighted by Gasteiger charge is -2.14. The molecule has 0 saturated heterocycles. The van der Waals surface area contributed by atoms with Gasteiger partial charge in [0.25, 0.3) is 0 Å². The average Bonchev–Trinajstić information content (AvgIpc) is 3.01. The fourth-order valence-electron chi connectivity index (χ4n) is 4.05. The number of carbonyl (C=O) groups is 2. The van der Waals surface area contributed by atoms with Crippen molar-refractivity contribution in [3.8, 4) is 16.9 Å². The van der Waals surface area contributed by atoms with Gasteiger partial charge >= 0.3 is 11.6 Å². The molecule has 0 unspecified atom stereocenters. The summed E-state index contributed by atoms with van der Waals surface area (Å²) in [6, 6.07) is 13.6. The Kier molecular flexibility index (Phi) is 3.58. The summed E-state index contributed by atoms with van der Waals surface area (Å²) in [5, 5.41) is 11.6. The number of hydrogen-bond acceptors (Lipinski definition) is 6. The van der Waals surface area contributed by atoms with Crippen LogP contribution in [0.4, 0.5) is 0 Å². The van der Waals surface area contributed by atoms with E-state index in [0.717, 1.165) is 0 Å². The standard InChI is InChI=1S/C23H14O6/c1-2-28-22(26)18-15-11-7-3-4-8-12(11)20(24)17(15)16-13-9-5-6-10-14(13)29-23(27)19(16)21(18)25/h3-10,25H,2H2,1H3. The molecule has 0 aliphatic heterocycles. The highest BCUT2D eigenvalue weighted by Crippen LogP contribution is 2.48. The summed E-state index contributed by atoms with van der Waals surface area (Å²) in [5.74, 6) is -1.66. The van der Waals surface area contributed by atoms with E-state index in [4.69, 9.17) is 9.15 Å². The van der Waals surface area contributed by atoms with Crippen LogP contribution in [0.3, 0.4) is 0 Å². The lowest BCUT2D eigenvalue weighted by Crippen LogP contribution is -2.12. The number of phenolic OH excluding ortho intramolecular Hbond substituents is 1. The maximum absolute atomic E-state index is 13.3. The van der Waals surface area contributed by atoms with Crippen molar-refractivity contribution in [2.24, 2.45) is 0 Å². The third-order valence-electron chi connectivity index (χ3n) is 5.18. The van der Waals surface area contributed by atoms with Gasteiger partial charge in [-0.05, 0) is 18.6 Å². The zero-order chi connectivity index (χ0) is 20.3. The first-order valence-corrected chi connectivity index (χ1v) is 9.10. The number of benzene rings is 3. The zero-order valence-corrected chi connectivity index (χ0v) is 15.3. The van der Waals surface area contributed by atoms with Crippen LogP contribution >= 0.6 is 0 Å². The molecule has 0 atom stereocenters. The Bertz CT molecular complexity index is 1430. The van der Waals surface area contributed by atoms with Gasteiger partial charge in [0, 0.05) is 27.5 Å². The summed E-state index contributed by atoms with van der Waals surface area (Å²) < 4.78 is 10.5. The minimum Gasteiger partial charge on any atom is -0.506 e. The van der Waals surface area contributed by atoms with Crippen LogP contribution in [0.2, 0.25) is 0 Å². The zero-order valence-electron chi connectivity index (χ0n) is 15.3. The second kappa shape index (κ2) is 6.04. The lowest BCUT2D eigenvalue weighted by atomic mass is 9.91. The molecule has 0 fully saturated rings. The second-order valence-corrected chi connectivity index (χ2v) is 6.70. The van der Waals surface area contributed by atoms with Crippen LogP contribution < -0.4 is 5.63 Å². The number of para-hydroxylation sites is 1.